The van der Waals surface area contributed by atoms with Crippen LogP contribution in [0.4, 0.5) is 39.3 Å². The summed E-state index contributed by atoms with van der Waals surface area (Å²) in [7, 11) is 5.50. The summed E-state index contributed by atoms with van der Waals surface area (Å²) in [5, 5.41) is 71.8. The van der Waals surface area contributed by atoms with Gasteiger partial charge in [-0.15, -0.1) is 0 Å². The maximum atomic E-state index is 13.4. The molecule has 0 unspecified atom stereocenters. The lowest BCUT2D eigenvalue weighted by Crippen LogP contribution is -2.44. The molecule has 0 spiro atoms. The summed E-state index contributed by atoms with van der Waals surface area (Å²) in [6, 6.07) is 41.5. The number of aliphatic hydroxyl groups excluding tert-OH is 2. The van der Waals surface area contributed by atoms with E-state index in [-0.39, 0.29) is 90.0 Å². The van der Waals surface area contributed by atoms with Crippen molar-refractivity contribution in [2.75, 3.05) is 137 Å². The molecule has 12 heterocycles. The number of amides is 6. The molecular formula is C99H121BrN24O11. The minimum absolute atomic E-state index is 0.0321. The predicted octanol–water partition coefficient (Wildman–Crippen LogP) is 10.6. The molecule has 0 radical (unpaired) electrons. The minimum Gasteiger partial charge on any atom is -0.478 e. The van der Waals surface area contributed by atoms with Crippen molar-refractivity contribution in [2.45, 2.75) is 120 Å². The minimum atomic E-state index is -0.921. The second-order valence-electron chi connectivity index (χ2n) is 35.8. The zero-order valence-corrected chi connectivity index (χ0v) is 78.6. The van der Waals surface area contributed by atoms with E-state index in [2.05, 4.69) is 130 Å². The van der Waals surface area contributed by atoms with Crippen LogP contribution in [-0.4, -0.2) is 266 Å². The van der Waals surface area contributed by atoms with E-state index in [9.17, 15) is 33.6 Å². The topological polar surface area (TPSA) is 469 Å². The first-order valence-corrected chi connectivity index (χ1v) is 47.0. The van der Waals surface area contributed by atoms with Gasteiger partial charge in [0.2, 0.25) is 0 Å². The zero-order chi connectivity index (χ0) is 95.4. The highest BCUT2D eigenvalue weighted by atomic mass is 79.9. The number of piperidine rings is 3. The summed E-state index contributed by atoms with van der Waals surface area (Å²) in [6.45, 7) is 15.9. The number of carbonyl (C=O) groups excluding carboxylic acids is 6. The van der Waals surface area contributed by atoms with Gasteiger partial charge >= 0.3 is 12.1 Å². The second kappa shape index (κ2) is 45.4. The van der Waals surface area contributed by atoms with E-state index in [1.807, 2.05) is 121 Å². The number of benzene rings is 6. The molecule has 6 fully saturated rings. The van der Waals surface area contributed by atoms with Crippen molar-refractivity contribution < 1.29 is 53.6 Å². The Kier molecular flexibility index (Phi) is 32.7. The van der Waals surface area contributed by atoms with Gasteiger partial charge in [0.25, 0.3) is 29.5 Å². The maximum Gasteiger partial charge on any atom is 0.410 e. The highest BCUT2D eigenvalue weighted by Crippen LogP contribution is 2.32. The number of pyridine rings is 3. The van der Waals surface area contributed by atoms with Crippen molar-refractivity contribution in [3.8, 4) is 33.4 Å². The number of β-amino-alcohol motifs (C(OH)–C–C–N with tert-alkyl or cyclic N) is 1. The van der Waals surface area contributed by atoms with Gasteiger partial charge < -0.3 is 99.4 Å². The number of nitrogens with one attached hydrogen (secondary N) is 8. The van der Waals surface area contributed by atoms with Crippen molar-refractivity contribution in [3.63, 3.8) is 0 Å². The number of anilines is 6. The number of rotatable bonds is 21. The van der Waals surface area contributed by atoms with Gasteiger partial charge in [-0.25, -0.2) is 24.5 Å². The van der Waals surface area contributed by atoms with Crippen LogP contribution in [0.15, 0.2) is 183 Å². The summed E-state index contributed by atoms with van der Waals surface area (Å²) < 4.78 is 10.5. The normalized spacial score (nSPS) is 17.0. The molecule has 135 heavy (non-hydrogen) atoms. The molecule has 710 valence electrons. The van der Waals surface area contributed by atoms with Gasteiger partial charge in [-0.1, -0.05) is 52.3 Å². The number of alkyl halides is 1. The van der Waals surface area contributed by atoms with Crippen molar-refractivity contribution in [1.29, 1.82) is 0 Å². The number of hydrogen-bond donors (Lipinski definition) is 14. The molecule has 18 rings (SSSR count). The Morgan fingerprint density at radius 2 is 0.763 bits per heavy atom. The monoisotopic (exact) mass is 1900 g/mol. The third-order valence-corrected chi connectivity index (χ3v) is 24.9. The molecule has 0 saturated carbocycles. The maximum absolute atomic E-state index is 13.4. The Balaban J connectivity index is 0.000000147. The molecule has 0 bridgehead atoms. The molecule has 6 aliphatic rings. The summed E-state index contributed by atoms with van der Waals surface area (Å²) in [5.74, 6) is -1.21. The van der Waals surface area contributed by atoms with Crippen molar-refractivity contribution in [1.82, 2.24) is 90.5 Å². The van der Waals surface area contributed by atoms with Crippen LogP contribution < -0.4 is 59.7 Å². The van der Waals surface area contributed by atoms with E-state index in [1.165, 1.54) is 0 Å². The van der Waals surface area contributed by atoms with Crippen molar-refractivity contribution >= 4 is 124 Å². The smallest absolute Gasteiger partial charge is 0.410 e. The van der Waals surface area contributed by atoms with Crippen LogP contribution in [0.5, 0.6) is 0 Å². The van der Waals surface area contributed by atoms with Crippen molar-refractivity contribution in [3.05, 3.63) is 217 Å². The standard InChI is InChI=1S/C32H38N8O3.C30H34N8O2.C21H26N2O4.C14H18N6O.C2H5BrO/c1-38-19-25(18-35-38)24-16-29(30(33)34-17-24)31(42)37-28-8-11-40(20-28)32(43)23-3-2-22-15-27(5-4-21(22)14-23)36-26-6-9-39(10-7-26)12-13-41;1-37-17-23(16-34-37)22-14-27(28(31)33-15-22)29(39)36-26-8-11-38(18-26)30(40)21-3-2-20-13-25(5-4-19(20)12-21)35-24-6-9-32-10-7-24;1-21(2,3)27-20(26)23-10-8-17(9-11-23)22-18-7-6-14-12-16(19(24)25)5-4-15(14)13-18;1-20-8-10(6-18-20)9-4-12(13(15)17-5-9)14(21)19-11-2-3-16-7-11;3-1-2-4/h2-5,14-19,26,28,36,41H,6-13,20H2,1H3,(H2,33,34)(H,37,42);2-5,12-17,24,26,32,35H,6-11,18H2,1H3,(H2,31,33)(H,36,39);4-7,12-13,17,22H,8-11H2,1-3H3,(H,24,25);4-6,8,11,16H,2-3,7H2,1H3,(H2,15,17)(H,19,21);4H,1-2H2/t28-;26-;;11-;/m11.1./s1. The van der Waals surface area contributed by atoms with Crippen LogP contribution in [0.3, 0.4) is 0 Å². The first kappa shape index (κ1) is 97.4. The lowest BCUT2D eigenvalue weighted by molar-refractivity contribution is 0.0209. The van der Waals surface area contributed by atoms with Gasteiger partial charge in [0, 0.05) is 227 Å². The highest BCUT2D eigenvalue weighted by molar-refractivity contribution is 9.09. The van der Waals surface area contributed by atoms with Gasteiger partial charge in [-0.3, -0.25) is 38.0 Å². The Bertz CT molecular complexity index is 6170. The molecule has 6 amide bonds. The quantitative estimate of drug-likeness (QED) is 0.0297. The first-order valence-electron chi connectivity index (χ1n) is 45.8. The number of carbonyl (C=O) groups is 7. The third kappa shape index (κ3) is 26.5. The lowest BCUT2D eigenvalue weighted by atomic mass is 10.0. The van der Waals surface area contributed by atoms with Crippen LogP contribution in [0.1, 0.15) is 141 Å². The number of nitrogens with two attached hydrogens (primary N) is 3. The highest BCUT2D eigenvalue weighted by Gasteiger charge is 2.33. The van der Waals surface area contributed by atoms with Crippen LogP contribution in [0.2, 0.25) is 0 Å². The molecule has 36 heteroatoms. The molecular weight excluding hydrogens is 1780 g/mol. The molecule has 0 aliphatic carbocycles. The SMILES string of the molecule is CC(C)(C)OC(=O)N1CCC(Nc2ccc3cc(C(=O)O)ccc3c2)CC1.Cn1cc(-c2cnc(N)c(C(=O)N[C@@H]3CCN(C(=O)c4ccc5cc(NC6CCN(CCO)CC6)ccc5c4)C3)c2)cn1.Cn1cc(-c2cnc(N)c(C(=O)N[C@@H]3CCN(C(=O)c4ccc5cc(NC6CCNCC6)ccc5c4)C3)c2)cn1.Cn1cc(-c2cnc(N)c(C(=O)N[C@@H]3CCNC3)c2)cn1.OCCBr. The lowest BCUT2D eigenvalue weighted by Gasteiger charge is -2.34. The molecule has 3 atom stereocenters. The average molecular weight is 1900 g/mol. The van der Waals surface area contributed by atoms with Crippen LogP contribution in [-0.2, 0) is 25.9 Å². The van der Waals surface area contributed by atoms with E-state index < -0.39 is 11.6 Å². The van der Waals surface area contributed by atoms with E-state index >= 15 is 0 Å². The number of likely N-dealkylation sites (tertiary alicyclic amines) is 4. The zero-order valence-electron chi connectivity index (χ0n) is 77.0. The summed E-state index contributed by atoms with van der Waals surface area (Å²) >= 11 is 3.00. The Morgan fingerprint density at radius 1 is 0.422 bits per heavy atom. The molecule has 6 aromatic carbocycles. The third-order valence-electron chi connectivity index (χ3n) is 24.6. The van der Waals surface area contributed by atoms with Gasteiger partial charge in [0.1, 0.15) is 23.1 Å². The number of aryl methyl sites for hydroxylation is 3. The van der Waals surface area contributed by atoms with Gasteiger partial charge in [-0.2, -0.15) is 15.3 Å². The molecule has 12 aromatic rings. The fourth-order valence-electron chi connectivity index (χ4n) is 17.3. The van der Waals surface area contributed by atoms with E-state index in [1.54, 1.807) is 96.3 Å². The predicted molar refractivity (Wildman–Crippen MR) is 529 cm³/mol. The number of carboxylic acids is 1. The fourth-order valence-corrected chi connectivity index (χ4v) is 17.3. The Hall–Kier alpha value is -13.7. The number of aromatic carboxylic acids is 1. The number of nitrogens with zero attached hydrogens (tertiary/aromatic N) is 13. The number of aliphatic hydroxyl groups is 2. The summed E-state index contributed by atoms with van der Waals surface area (Å²) in [6.07, 6.45) is 23.7. The number of hydrogen-bond acceptors (Lipinski definition) is 25. The number of carboxylic acid groups (broad SMARTS) is 1. The number of ether oxygens (including phenoxy) is 1. The molecule has 6 aromatic heterocycles. The Labute approximate surface area is 792 Å². The van der Waals surface area contributed by atoms with Gasteiger partial charge in [0.15, 0.2) is 0 Å². The second-order valence-corrected chi connectivity index (χ2v) is 36.6. The van der Waals surface area contributed by atoms with Gasteiger partial charge in [0.05, 0.1) is 54.1 Å². The Morgan fingerprint density at radius 3 is 1.13 bits per heavy atom. The molecule has 17 N–H and O–H groups in total. The number of halogens is 1. The largest absolute Gasteiger partial charge is 0.478 e. The molecule has 35 nitrogen and oxygen atoms in total. The van der Waals surface area contributed by atoms with E-state index in [4.69, 9.17) is 37.3 Å². The summed E-state index contributed by atoms with van der Waals surface area (Å²) in [5.41, 5.74) is 28.2. The molecule has 6 saturated heterocycles. The number of aromatic nitrogens is 9. The van der Waals surface area contributed by atoms with E-state index in [0.29, 0.717) is 103 Å². The number of fused-ring (bicyclic) bond motifs is 3. The van der Waals surface area contributed by atoms with Crippen LogP contribution >= 0.6 is 15.9 Å². The van der Waals surface area contributed by atoms with Gasteiger partial charge in [-0.05, 0) is 222 Å². The average Bonchev–Trinajstić information content (AvgIpc) is 1.76. The first-order chi connectivity index (χ1) is 65.0. The summed E-state index contributed by atoms with van der Waals surface area (Å²) in [4.78, 5) is 109. The van der Waals surface area contributed by atoms with Crippen LogP contribution in [0.25, 0.3) is 65.7 Å². The van der Waals surface area contributed by atoms with Crippen LogP contribution in [0, 0.1) is 0 Å². The number of nitrogen functional groups attached to an aromatic ring is 3. The molecule has 6 aliphatic heterocycles. The van der Waals surface area contributed by atoms with Crippen molar-refractivity contribution in [2.24, 2.45) is 21.1 Å². The fraction of sp³-hybridized carbons (Fsp3) is 0.384. The van der Waals surface area contributed by atoms with E-state index in [0.717, 1.165) is 174 Å².